The molecule has 118 valence electrons. The van der Waals surface area contributed by atoms with Crippen molar-refractivity contribution in [1.29, 1.82) is 0 Å². The molecule has 4 rings (SSSR count). The second-order valence-electron chi connectivity index (χ2n) is 6.83. The van der Waals surface area contributed by atoms with E-state index in [2.05, 4.69) is 10.1 Å². The van der Waals surface area contributed by atoms with Crippen LogP contribution in [0.15, 0.2) is 6.33 Å². The SMILES string of the molecule is Cn1cnc(C(=O)N2CC3CCN(CC4CC4)C(=O)C3C2)n1. The smallest absolute Gasteiger partial charge is 0.293 e. The number of hydrogen-bond acceptors (Lipinski definition) is 4. The van der Waals surface area contributed by atoms with E-state index in [-0.39, 0.29) is 23.6 Å². The van der Waals surface area contributed by atoms with Crippen molar-refractivity contribution in [1.82, 2.24) is 24.6 Å². The van der Waals surface area contributed by atoms with Crippen LogP contribution in [0.2, 0.25) is 0 Å². The lowest BCUT2D eigenvalue weighted by atomic mass is 9.88. The minimum absolute atomic E-state index is 0.0276. The number of aromatic nitrogens is 3. The van der Waals surface area contributed by atoms with Crippen molar-refractivity contribution in [2.75, 3.05) is 26.2 Å². The summed E-state index contributed by atoms with van der Waals surface area (Å²) in [6.45, 7) is 2.94. The summed E-state index contributed by atoms with van der Waals surface area (Å²) in [4.78, 5) is 32.9. The molecule has 3 aliphatic rings. The van der Waals surface area contributed by atoms with Gasteiger partial charge in [0.05, 0.1) is 5.92 Å². The van der Waals surface area contributed by atoms with Crippen molar-refractivity contribution in [2.45, 2.75) is 19.3 Å². The molecular formula is C15H21N5O2. The van der Waals surface area contributed by atoms with Crippen LogP contribution in [-0.2, 0) is 11.8 Å². The molecule has 0 bridgehead atoms. The molecule has 2 atom stereocenters. The second kappa shape index (κ2) is 5.07. The standard InChI is InChI=1S/C15H21N5O2/c1-18-9-16-13(17-18)15(22)20-7-11-4-5-19(6-10-2-3-10)14(21)12(11)8-20/h9-12H,2-8H2,1H3. The van der Waals surface area contributed by atoms with Gasteiger partial charge < -0.3 is 9.80 Å². The van der Waals surface area contributed by atoms with Crippen LogP contribution in [0.5, 0.6) is 0 Å². The molecule has 2 amide bonds. The highest BCUT2D eigenvalue weighted by molar-refractivity contribution is 5.91. The van der Waals surface area contributed by atoms with E-state index in [1.807, 2.05) is 4.90 Å². The number of amides is 2. The van der Waals surface area contributed by atoms with E-state index in [9.17, 15) is 9.59 Å². The highest BCUT2D eigenvalue weighted by Crippen LogP contribution is 2.36. The van der Waals surface area contributed by atoms with Gasteiger partial charge in [0.1, 0.15) is 6.33 Å². The number of hydrogen-bond donors (Lipinski definition) is 0. The zero-order valence-corrected chi connectivity index (χ0v) is 12.8. The lowest BCUT2D eigenvalue weighted by Crippen LogP contribution is -2.46. The Bertz CT molecular complexity index is 609. The predicted octanol–water partition coefficient (Wildman–Crippen LogP) is 0.146. The molecule has 7 heteroatoms. The third-order valence-electron chi connectivity index (χ3n) is 5.09. The molecule has 2 saturated heterocycles. The molecule has 2 aliphatic heterocycles. The molecule has 1 aromatic rings. The van der Waals surface area contributed by atoms with E-state index < -0.39 is 0 Å². The molecule has 1 saturated carbocycles. The van der Waals surface area contributed by atoms with E-state index in [1.165, 1.54) is 23.9 Å². The Labute approximate surface area is 129 Å². The van der Waals surface area contributed by atoms with Crippen LogP contribution in [0, 0.1) is 17.8 Å². The zero-order chi connectivity index (χ0) is 15.3. The lowest BCUT2D eigenvalue weighted by molar-refractivity contribution is -0.139. The minimum atomic E-state index is -0.156. The highest BCUT2D eigenvalue weighted by atomic mass is 16.2. The Balaban J connectivity index is 1.44. The highest BCUT2D eigenvalue weighted by Gasteiger charge is 2.45. The Morgan fingerprint density at radius 3 is 2.82 bits per heavy atom. The van der Waals surface area contributed by atoms with Gasteiger partial charge in [0.2, 0.25) is 11.7 Å². The zero-order valence-electron chi connectivity index (χ0n) is 12.8. The first-order valence-electron chi connectivity index (χ1n) is 8.05. The largest absolute Gasteiger partial charge is 0.342 e. The van der Waals surface area contributed by atoms with Crippen molar-refractivity contribution >= 4 is 11.8 Å². The number of nitrogens with zero attached hydrogens (tertiary/aromatic N) is 5. The van der Waals surface area contributed by atoms with E-state index in [0.717, 1.165) is 25.4 Å². The van der Waals surface area contributed by atoms with Crippen LogP contribution in [0.25, 0.3) is 0 Å². The number of likely N-dealkylation sites (tertiary alicyclic amines) is 2. The molecule has 2 unspecified atom stereocenters. The van der Waals surface area contributed by atoms with E-state index in [4.69, 9.17) is 0 Å². The average molecular weight is 303 g/mol. The first-order chi connectivity index (χ1) is 10.6. The lowest BCUT2D eigenvalue weighted by Gasteiger charge is -2.33. The van der Waals surface area contributed by atoms with Gasteiger partial charge in [-0.2, -0.15) is 0 Å². The average Bonchev–Trinajstić information content (AvgIpc) is 3.04. The van der Waals surface area contributed by atoms with Crippen molar-refractivity contribution < 1.29 is 9.59 Å². The summed E-state index contributed by atoms with van der Waals surface area (Å²) < 4.78 is 1.53. The third kappa shape index (κ3) is 2.38. The second-order valence-corrected chi connectivity index (χ2v) is 6.83. The summed E-state index contributed by atoms with van der Waals surface area (Å²) >= 11 is 0. The van der Waals surface area contributed by atoms with E-state index in [0.29, 0.717) is 19.0 Å². The third-order valence-corrected chi connectivity index (χ3v) is 5.09. The molecule has 1 aliphatic carbocycles. The van der Waals surface area contributed by atoms with Crippen molar-refractivity contribution in [3.05, 3.63) is 12.2 Å². The fourth-order valence-corrected chi connectivity index (χ4v) is 3.65. The molecule has 7 nitrogen and oxygen atoms in total. The summed E-state index contributed by atoms with van der Waals surface area (Å²) in [6.07, 6.45) is 5.04. The predicted molar refractivity (Wildman–Crippen MR) is 77.8 cm³/mol. The topological polar surface area (TPSA) is 71.3 Å². The molecule has 0 radical (unpaired) electrons. The molecule has 0 aromatic carbocycles. The normalized spacial score (nSPS) is 28.1. The maximum atomic E-state index is 12.6. The maximum absolute atomic E-state index is 12.6. The molecular weight excluding hydrogens is 282 g/mol. The van der Waals surface area contributed by atoms with Gasteiger partial charge in [-0.15, -0.1) is 5.10 Å². The molecule has 0 N–H and O–H groups in total. The van der Waals surface area contributed by atoms with Crippen LogP contribution in [0.3, 0.4) is 0 Å². The fourth-order valence-electron chi connectivity index (χ4n) is 3.65. The van der Waals surface area contributed by atoms with E-state index in [1.54, 1.807) is 11.9 Å². The number of carbonyl (C=O) groups excluding carboxylic acids is 2. The Morgan fingerprint density at radius 2 is 2.14 bits per heavy atom. The number of fused-ring (bicyclic) bond motifs is 1. The van der Waals surface area contributed by atoms with Crippen LogP contribution in [0.1, 0.15) is 29.9 Å². The first kappa shape index (κ1) is 13.7. The van der Waals surface area contributed by atoms with Crippen molar-refractivity contribution in [3.63, 3.8) is 0 Å². The summed E-state index contributed by atoms with van der Waals surface area (Å²) in [6, 6.07) is 0. The summed E-state index contributed by atoms with van der Waals surface area (Å²) in [5, 5.41) is 4.07. The Kier molecular flexibility index (Phi) is 3.16. The van der Waals surface area contributed by atoms with Crippen molar-refractivity contribution in [3.8, 4) is 0 Å². The van der Waals surface area contributed by atoms with Crippen LogP contribution in [0.4, 0.5) is 0 Å². The molecule has 22 heavy (non-hydrogen) atoms. The molecule has 3 heterocycles. The van der Waals surface area contributed by atoms with E-state index >= 15 is 0 Å². The van der Waals surface area contributed by atoms with Gasteiger partial charge in [0, 0.05) is 33.2 Å². The summed E-state index contributed by atoms with van der Waals surface area (Å²) in [5.74, 6) is 1.31. The van der Waals surface area contributed by atoms with Gasteiger partial charge >= 0.3 is 0 Å². The molecule has 1 aromatic heterocycles. The summed E-state index contributed by atoms with van der Waals surface area (Å²) in [7, 11) is 1.74. The number of aryl methyl sites for hydroxylation is 1. The molecule has 0 spiro atoms. The van der Waals surface area contributed by atoms with Gasteiger partial charge in [-0.25, -0.2) is 4.98 Å². The summed E-state index contributed by atoms with van der Waals surface area (Å²) in [5.41, 5.74) is 0. The first-order valence-corrected chi connectivity index (χ1v) is 8.05. The number of piperidine rings is 1. The fraction of sp³-hybridized carbons (Fsp3) is 0.733. The molecule has 3 fully saturated rings. The number of rotatable bonds is 3. The quantitative estimate of drug-likeness (QED) is 0.796. The van der Waals surface area contributed by atoms with Gasteiger partial charge in [0.15, 0.2) is 0 Å². The van der Waals surface area contributed by atoms with Gasteiger partial charge in [0.25, 0.3) is 5.91 Å². The minimum Gasteiger partial charge on any atom is -0.342 e. The van der Waals surface area contributed by atoms with Gasteiger partial charge in [-0.1, -0.05) is 0 Å². The maximum Gasteiger partial charge on any atom is 0.293 e. The van der Waals surface area contributed by atoms with Crippen LogP contribution in [-0.4, -0.2) is 62.6 Å². The Hall–Kier alpha value is -1.92. The van der Waals surface area contributed by atoms with Gasteiger partial charge in [-0.3, -0.25) is 14.3 Å². The number of carbonyl (C=O) groups is 2. The Morgan fingerprint density at radius 1 is 1.32 bits per heavy atom. The monoisotopic (exact) mass is 303 g/mol. The van der Waals surface area contributed by atoms with Crippen LogP contribution < -0.4 is 0 Å². The van der Waals surface area contributed by atoms with Crippen molar-refractivity contribution in [2.24, 2.45) is 24.8 Å². The van der Waals surface area contributed by atoms with Gasteiger partial charge in [-0.05, 0) is 31.1 Å². The van der Waals surface area contributed by atoms with Crippen LogP contribution >= 0.6 is 0 Å².